The maximum atomic E-state index is 11.7. The molecule has 2 aromatic rings. The van der Waals surface area contributed by atoms with Crippen LogP contribution < -0.4 is 11.2 Å². The highest BCUT2D eigenvalue weighted by Gasteiger charge is 2.13. The first-order valence-electron chi connectivity index (χ1n) is 5.26. The van der Waals surface area contributed by atoms with Crippen molar-refractivity contribution in [3.63, 3.8) is 0 Å². The normalized spacial score (nSPS) is 11.5. The first-order valence-corrected chi connectivity index (χ1v) is 5.26. The van der Waals surface area contributed by atoms with Gasteiger partial charge in [0.1, 0.15) is 0 Å². The Morgan fingerprint density at radius 2 is 2.12 bits per heavy atom. The number of nitrogens with zero attached hydrogens (tertiary/aromatic N) is 3. The van der Waals surface area contributed by atoms with Crippen molar-refractivity contribution in [3.05, 3.63) is 27.2 Å². The Bertz CT molecular complexity index is 632. The summed E-state index contributed by atoms with van der Waals surface area (Å²) in [5.41, 5.74) is 0.117. The van der Waals surface area contributed by atoms with Gasteiger partial charge in [-0.15, -0.1) is 0 Å². The molecule has 6 nitrogen and oxygen atoms in total. The molecule has 2 rings (SSSR count). The topological polar surface area (TPSA) is 72.7 Å². The Labute approximate surface area is 91.5 Å². The van der Waals surface area contributed by atoms with E-state index in [0.29, 0.717) is 17.7 Å². The summed E-state index contributed by atoms with van der Waals surface area (Å²) in [6.45, 7) is 6.25. The Morgan fingerprint density at radius 3 is 2.69 bits per heavy atom. The lowest BCUT2D eigenvalue weighted by Crippen LogP contribution is -2.30. The molecule has 6 heteroatoms. The van der Waals surface area contributed by atoms with Crippen LogP contribution in [-0.4, -0.2) is 19.1 Å². The van der Waals surface area contributed by atoms with E-state index in [4.69, 9.17) is 0 Å². The van der Waals surface area contributed by atoms with Crippen LogP contribution in [0.2, 0.25) is 0 Å². The van der Waals surface area contributed by atoms with Crippen molar-refractivity contribution in [1.82, 2.24) is 19.1 Å². The molecular weight excluding hydrogens is 208 g/mol. The van der Waals surface area contributed by atoms with Crippen molar-refractivity contribution < 1.29 is 0 Å². The fourth-order valence-corrected chi connectivity index (χ4v) is 1.77. The van der Waals surface area contributed by atoms with Gasteiger partial charge in [0, 0.05) is 12.6 Å². The maximum absolute atomic E-state index is 11.7. The van der Waals surface area contributed by atoms with Gasteiger partial charge in [-0.2, -0.15) is 0 Å². The van der Waals surface area contributed by atoms with E-state index >= 15 is 0 Å². The molecule has 0 spiro atoms. The molecule has 0 bridgehead atoms. The van der Waals surface area contributed by atoms with Crippen molar-refractivity contribution in [1.29, 1.82) is 0 Å². The van der Waals surface area contributed by atoms with Crippen LogP contribution >= 0.6 is 0 Å². The fraction of sp³-hybridized carbons (Fsp3) is 0.500. The smallest absolute Gasteiger partial charge is 0.322 e. The highest BCUT2D eigenvalue weighted by atomic mass is 16.2. The van der Waals surface area contributed by atoms with Crippen LogP contribution in [0.3, 0.4) is 0 Å². The summed E-state index contributed by atoms with van der Waals surface area (Å²) in [5, 5.41) is 0. The average molecular weight is 222 g/mol. The number of hydrogen-bond donors (Lipinski definition) is 1. The number of H-pyrrole nitrogens is 1. The lowest BCUT2D eigenvalue weighted by atomic mass is 10.4. The summed E-state index contributed by atoms with van der Waals surface area (Å²) < 4.78 is 3.22. The van der Waals surface area contributed by atoms with Gasteiger partial charge in [0.15, 0.2) is 11.2 Å². The summed E-state index contributed by atoms with van der Waals surface area (Å²) in [6.07, 6.45) is 1.59. The van der Waals surface area contributed by atoms with Gasteiger partial charge in [-0.1, -0.05) is 0 Å². The van der Waals surface area contributed by atoms with Gasteiger partial charge in [0.05, 0.1) is 6.33 Å². The summed E-state index contributed by atoms with van der Waals surface area (Å²) in [6, 6.07) is 0.133. The van der Waals surface area contributed by atoms with Gasteiger partial charge in [0.25, 0.3) is 5.56 Å². The molecule has 0 saturated heterocycles. The molecule has 0 unspecified atom stereocenters. The molecule has 0 amide bonds. The third-order valence-electron chi connectivity index (χ3n) is 2.58. The van der Waals surface area contributed by atoms with Gasteiger partial charge in [0.2, 0.25) is 0 Å². The van der Waals surface area contributed by atoms with E-state index in [1.165, 1.54) is 4.57 Å². The lowest BCUT2D eigenvalue weighted by Gasteiger charge is -2.07. The van der Waals surface area contributed by atoms with Crippen LogP contribution in [0, 0.1) is 0 Å². The first kappa shape index (κ1) is 10.7. The minimum atomic E-state index is -0.408. The average Bonchev–Trinajstić information content (AvgIpc) is 2.62. The second kappa shape index (κ2) is 3.62. The number of imidazole rings is 1. The first-order chi connectivity index (χ1) is 7.56. The summed E-state index contributed by atoms with van der Waals surface area (Å²) in [7, 11) is 0. The highest BCUT2D eigenvalue weighted by Crippen LogP contribution is 2.11. The minimum Gasteiger partial charge on any atom is -0.322 e. The Kier molecular flexibility index (Phi) is 2.41. The Balaban J connectivity index is 2.96. The van der Waals surface area contributed by atoms with Gasteiger partial charge < -0.3 is 4.57 Å². The Morgan fingerprint density at radius 1 is 1.44 bits per heavy atom. The minimum absolute atomic E-state index is 0.133. The second-order valence-corrected chi connectivity index (χ2v) is 3.92. The summed E-state index contributed by atoms with van der Waals surface area (Å²) in [4.78, 5) is 29.7. The standard InChI is InChI=1S/C10H14N4O2/c1-4-13-8-7(9(15)12-10(13)16)14(5-11-8)6(2)3/h5-6H,4H2,1-3H3,(H,12,15,16). The van der Waals surface area contributed by atoms with Crippen LogP contribution in [0.5, 0.6) is 0 Å². The van der Waals surface area contributed by atoms with Crippen LogP contribution in [0.4, 0.5) is 0 Å². The van der Waals surface area contributed by atoms with E-state index in [2.05, 4.69) is 9.97 Å². The SMILES string of the molecule is CCn1c(=O)[nH]c(=O)c2c1ncn2C(C)C. The summed E-state index contributed by atoms with van der Waals surface area (Å²) >= 11 is 0. The van der Waals surface area contributed by atoms with Crippen molar-refractivity contribution in [2.45, 2.75) is 33.4 Å². The summed E-state index contributed by atoms with van der Waals surface area (Å²) in [5.74, 6) is 0. The largest absolute Gasteiger partial charge is 0.330 e. The zero-order valence-corrected chi connectivity index (χ0v) is 9.52. The molecule has 1 N–H and O–H groups in total. The monoisotopic (exact) mass is 222 g/mol. The number of aryl methyl sites for hydroxylation is 1. The van der Waals surface area contributed by atoms with E-state index in [9.17, 15) is 9.59 Å². The lowest BCUT2D eigenvalue weighted by molar-refractivity contribution is 0.614. The molecule has 0 radical (unpaired) electrons. The number of hydrogen-bond acceptors (Lipinski definition) is 3. The van der Waals surface area contributed by atoms with Crippen LogP contribution in [0.25, 0.3) is 11.2 Å². The number of rotatable bonds is 2. The predicted octanol–water partition coefficient (Wildman–Crippen LogP) is 0.487. The number of aromatic amines is 1. The van der Waals surface area contributed by atoms with Crippen molar-refractivity contribution >= 4 is 11.2 Å². The fourth-order valence-electron chi connectivity index (χ4n) is 1.77. The molecule has 0 aliphatic carbocycles. The third kappa shape index (κ3) is 1.37. The van der Waals surface area contributed by atoms with Crippen LogP contribution in [-0.2, 0) is 6.54 Å². The molecule has 0 atom stereocenters. The van der Waals surface area contributed by atoms with Crippen molar-refractivity contribution in [2.24, 2.45) is 0 Å². The molecule has 2 aromatic heterocycles. The molecular formula is C10H14N4O2. The molecule has 0 aliphatic heterocycles. The molecule has 16 heavy (non-hydrogen) atoms. The predicted molar refractivity (Wildman–Crippen MR) is 60.7 cm³/mol. The van der Waals surface area contributed by atoms with E-state index in [1.54, 1.807) is 10.9 Å². The van der Waals surface area contributed by atoms with Gasteiger partial charge in [-0.05, 0) is 20.8 Å². The zero-order chi connectivity index (χ0) is 11.9. The van der Waals surface area contributed by atoms with E-state index < -0.39 is 5.69 Å². The maximum Gasteiger partial charge on any atom is 0.330 e. The third-order valence-corrected chi connectivity index (χ3v) is 2.58. The second-order valence-electron chi connectivity index (χ2n) is 3.92. The zero-order valence-electron chi connectivity index (χ0n) is 9.52. The highest BCUT2D eigenvalue weighted by molar-refractivity contribution is 5.70. The van der Waals surface area contributed by atoms with E-state index in [0.717, 1.165) is 0 Å². The molecule has 0 fully saturated rings. The number of fused-ring (bicyclic) bond motifs is 1. The van der Waals surface area contributed by atoms with Crippen LogP contribution in [0.15, 0.2) is 15.9 Å². The van der Waals surface area contributed by atoms with E-state index in [-0.39, 0.29) is 11.6 Å². The van der Waals surface area contributed by atoms with Crippen LogP contribution in [0.1, 0.15) is 26.8 Å². The van der Waals surface area contributed by atoms with Gasteiger partial charge in [-0.25, -0.2) is 9.78 Å². The number of aromatic nitrogens is 4. The molecule has 2 heterocycles. The Hall–Kier alpha value is -1.85. The van der Waals surface area contributed by atoms with Gasteiger partial charge >= 0.3 is 5.69 Å². The van der Waals surface area contributed by atoms with E-state index in [1.807, 2.05) is 20.8 Å². The molecule has 0 saturated carbocycles. The number of nitrogens with one attached hydrogen (secondary N) is 1. The van der Waals surface area contributed by atoms with Crippen molar-refractivity contribution in [3.8, 4) is 0 Å². The molecule has 0 aliphatic rings. The molecule has 86 valence electrons. The quantitative estimate of drug-likeness (QED) is 0.803. The molecule has 0 aromatic carbocycles. The van der Waals surface area contributed by atoms with Gasteiger partial charge in [-0.3, -0.25) is 14.3 Å². The van der Waals surface area contributed by atoms with Crippen molar-refractivity contribution in [2.75, 3.05) is 0 Å².